The maximum absolute atomic E-state index is 13.4. The van der Waals surface area contributed by atoms with Crippen LogP contribution in [-0.2, 0) is 4.74 Å². The molecule has 1 fully saturated rings. The highest BCUT2D eigenvalue weighted by Gasteiger charge is 2.62. The molecular formula is C12H14F3N5O3. The van der Waals surface area contributed by atoms with Gasteiger partial charge in [-0.2, -0.15) is 13.2 Å². The van der Waals surface area contributed by atoms with E-state index in [4.69, 9.17) is 10.5 Å². The van der Waals surface area contributed by atoms with Gasteiger partial charge in [0.05, 0.1) is 12.9 Å². The summed E-state index contributed by atoms with van der Waals surface area (Å²) in [6.45, 7) is 0.430. The van der Waals surface area contributed by atoms with Crippen LogP contribution in [0.2, 0.25) is 0 Å². The van der Waals surface area contributed by atoms with E-state index < -0.39 is 36.6 Å². The molecular weight excluding hydrogens is 319 g/mol. The van der Waals surface area contributed by atoms with Crippen LogP contribution >= 0.6 is 0 Å². The van der Waals surface area contributed by atoms with E-state index in [9.17, 15) is 23.4 Å². The highest BCUT2D eigenvalue weighted by molar-refractivity contribution is 5.81. The fourth-order valence-corrected chi connectivity index (χ4v) is 2.71. The fourth-order valence-electron chi connectivity index (χ4n) is 2.71. The summed E-state index contributed by atoms with van der Waals surface area (Å²) in [5.41, 5.74) is 4.03. The predicted octanol–water partition coefficient (Wildman–Crippen LogP) is 0.228. The molecule has 2 aromatic rings. The second-order valence-corrected chi connectivity index (χ2v) is 5.57. The molecule has 1 aliphatic rings. The highest BCUT2D eigenvalue weighted by atomic mass is 19.4. The Hall–Kier alpha value is -1.98. The molecule has 126 valence electrons. The van der Waals surface area contributed by atoms with Crippen LogP contribution in [0, 0.1) is 5.92 Å². The van der Waals surface area contributed by atoms with Crippen molar-refractivity contribution >= 4 is 17.0 Å². The molecule has 23 heavy (non-hydrogen) atoms. The molecule has 4 atom stereocenters. The lowest BCUT2D eigenvalue weighted by atomic mass is 9.91. The van der Waals surface area contributed by atoms with Crippen molar-refractivity contribution in [1.82, 2.24) is 19.5 Å². The Labute approximate surface area is 127 Å². The van der Waals surface area contributed by atoms with Gasteiger partial charge in [-0.3, -0.25) is 4.57 Å². The fraction of sp³-hybridized carbons (Fsp3) is 0.583. The minimum absolute atomic E-state index is 0.0146. The Bertz CT molecular complexity index is 736. The second-order valence-electron chi connectivity index (χ2n) is 5.57. The SMILES string of the molecule is C[C@]1(CO)O[C@@H](n2cnc3c(N)ncnc32)[C@@H](C(F)(F)F)[C@@H]1O. The summed E-state index contributed by atoms with van der Waals surface area (Å²) in [6.07, 6.45) is -6.16. The smallest absolute Gasteiger partial charge is 0.393 e. The lowest BCUT2D eigenvalue weighted by molar-refractivity contribution is -0.210. The average molecular weight is 333 g/mol. The van der Waals surface area contributed by atoms with Crippen LogP contribution in [0.25, 0.3) is 11.2 Å². The third kappa shape index (κ3) is 2.31. The topological polar surface area (TPSA) is 119 Å². The van der Waals surface area contributed by atoms with E-state index in [-0.39, 0.29) is 17.0 Å². The van der Waals surface area contributed by atoms with Crippen molar-refractivity contribution in [3.8, 4) is 0 Å². The molecule has 0 amide bonds. The van der Waals surface area contributed by atoms with Gasteiger partial charge in [0, 0.05) is 0 Å². The van der Waals surface area contributed by atoms with Crippen LogP contribution in [0.5, 0.6) is 0 Å². The molecule has 0 spiro atoms. The molecule has 1 aliphatic heterocycles. The zero-order valence-corrected chi connectivity index (χ0v) is 11.9. The van der Waals surface area contributed by atoms with Gasteiger partial charge in [-0.1, -0.05) is 0 Å². The first-order chi connectivity index (χ1) is 10.7. The van der Waals surface area contributed by atoms with E-state index >= 15 is 0 Å². The van der Waals surface area contributed by atoms with Gasteiger partial charge in [-0.05, 0) is 6.92 Å². The molecule has 0 aliphatic carbocycles. The lowest BCUT2D eigenvalue weighted by Crippen LogP contribution is -2.45. The number of nitrogens with two attached hydrogens (primary N) is 1. The maximum atomic E-state index is 13.4. The number of anilines is 1. The number of halogens is 3. The van der Waals surface area contributed by atoms with Gasteiger partial charge in [0.25, 0.3) is 0 Å². The minimum Gasteiger partial charge on any atom is -0.393 e. The van der Waals surface area contributed by atoms with E-state index in [1.807, 2.05) is 0 Å². The lowest BCUT2D eigenvalue weighted by Gasteiger charge is -2.26. The van der Waals surface area contributed by atoms with E-state index in [1.54, 1.807) is 0 Å². The summed E-state index contributed by atoms with van der Waals surface area (Å²) in [4.78, 5) is 11.5. The first-order valence-corrected chi connectivity index (χ1v) is 6.65. The molecule has 3 heterocycles. The van der Waals surface area contributed by atoms with Gasteiger partial charge in [0.15, 0.2) is 17.7 Å². The van der Waals surface area contributed by atoms with Gasteiger partial charge >= 0.3 is 6.18 Å². The normalized spacial score (nSPS) is 31.8. The number of nitrogens with zero attached hydrogens (tertiary/aromatic N) is 4. The van der Waals surface area contributed by atoms with Crippen LogP contribution in [-0.4, -0.2) is 54.2 Å². The Morgan fingerprint density at radius 1 is 1.39 bits per heavy atom. The number of aromatic nitrogens is 4. The minimum atomic E-state index is -4.76. The molecule has 0 unspecified atom stereocenters. The van der Waals surface area contributed by atoms with Crippen LogP contribution < -0.4 is 5.73 Å². The Morgan fingerprint density at radius 3 is 2.70 bits per heavy atom. The van der Waals surface area contributed by atoms with Gasteiger partial charge in [-0.15, -0.1) is 0 Å². The first-order valence-electron chi connectivity index (χ1n) is 6.65. The number of alkyl halides is 3. The molecule has 2 aromatic heterocycles. The summed E-state index contributed by atoms with van der Waals surface area (Å²) >= 11 is 0. The summed E-state index contributed by atoms with van der Waals surface area (Å²) in [5.74, 6) is -2.24. The van der Waals surface area contributed by atoms with Crippen molar-refractivity contribution in [2.75, 3.05) is 12.3 Å². The molecule has 0 aromatic carbocycles. The molecule has 0 radical (unpaired) electrons. The van der Waals surface area contributed by atoms with Crippen molar-refractivity contribution in [2.24, 2.45) is 5.92 Å². The molecule has 0 saturated carbocycles. The van der Waals surface area contributed by atoms with Crippen molar-refractivity contribution in [1.29, 1.82) is 0 Å². The zero-order chi connectivity index (χ0) is 17.0. The Morgan fingerprint density at radius 2 is 2.09 bits per heavy atom. The summed E-state index contributed by atoms with van der Waals surface area (Å²) in [7, 11) is 0. The third-order valence-electron chi connectivity index (χ3n) is 4.02. The molecule has 8 nitrogen and oxygen atoms in total. The number of nitrogen functional groups attached to an aromatic ring is 1. The molecule has 3 rings (SSSR count). The second kappa shape index (κ2) is 5.01. The van der Waals surface area contributed by atoms with Crippen LogP contribution in [0.15, 0.2) is 12.7 Å². The number of imidazole rings is 1. The summed E-state index contributed by atoms with van der Waals surface area (Å²) < 4.78 is 46.6. The first kappa shape index (κ1) is 15.9. The van der Waals surface area contributed by atoms with Crippen molar-refractivity contribution in [2.45, 2.75) is 31.0 Å². The van der Waals surface area contributed by atoms with Gasteiger partial charge < -0.3 is 20.7 Å². The number of ether oxygens (including phenoxy) is 1. The van der Waals surface area contributed by atoms with Gasteiger partial charge in [0.1, 0.15) is 29.5 Å². The van der Waals surface area contributed by atoms with Gasteiger partial charge in [-0.25, -0.2) is 15.0 Å². The monoisotopic (exact) mass is 333 g/mol. The zero-order valence-electron chi connectivity index (χ0n) is 11.9. The number of rotatable bonds is 2. The molecule has 1 saturated heterocycles. The van der Waals surface area contributed by atoms with E-state index in [0.29, 0.717) is 0 Å². The van der Waals surface area contributed by atoms with Crippen molar-refractivity contribution in [3.63, 3.8) is 0 Å². The number of hydrogen-bond acceptors (Lipinski definition) is 7. The largest absolute Gasteiger partial charge is 0.398 e. The number of aliphatic hydroxyl groups is 2. The van der Waals surface area contributed by atoms with Crippen LogP contribution in [0.3, 0.4) is 0 Å². The highest BCUT2D eigenvalue weighted by Crippen LogP contribution is 2.49. The Kier molecular flexibility index (Phi) is 3.46. The number of hydrogen-bond donors (Lipinski definition) is 3. The number of fused-ring (bicyclic) bond motifs is 1. The summed E-state index contributed by atoms with van der Waals surface area (Å²) in [5, 5.41) is 19.4. The summed E-state index contributed by atoms with van der Waals surface area (Å²) in [6, 6.07) is 0. The van der Waals surface area contributed by atoms with Crippen molar-refractivity contribution in [3.05, 3.63) is 12.7 Å². The molecule has 11 heteroatoms. The maximum Gasteiger partial charge on any atom is 0.398 e. The van der Waals surface area contributed by atoms with E-state index in [2.05, 4.69) is 15.0 Å². The third-order valence-corrected chi connectivity index (χ3v) is 4.02. The van der Waals surface area contributed by atoms with E-state index in [0.717, 1.165) is 17.2 Å². The molecule has 4 N–H and O–H groups in total. The van der Waals surface area contributed by atoms with Crippen LogP contribution in [0.4, 0.5) is 19.0 Å². The van der Waals surface area contributed by atoms with Crippen molar-refractivity contribution < 1.29 is 28.1 Å². The quantitative estimate of drug-likeness (QED) is 0.719. The van der Waals surface area contributed by atoms with Crippen LogP contribution in [0.1, 0.15) is 13.2 Å². The number of aliphatic hydroxyl groups excluding tert-OH is 2. The van der Waals surface area contributed by atoms with Gasteiger partial charge in [0.2, 0.25) is 0 Å². The standard InChI is InChI=1S/C12H14F3N5O3/c1-11(2-21)7(22)5(12(13,14)15)10(23-11)20-4-19-6-8(16)17-3-18-9(6)20/h3-5,7,10,21-22H,2H2,1H3,(H2,16,17,18)/t5-,7-,10+,11+/m0/s1. The Balaban J connectivity index is 2.14. The molecule has 0 bridgehead atoms. The average Bonchev–Trinajstić information content (AvgIpc) is 3.00. The predicted molar refractivity (Wildman–Crippen MR) is 70.9 cm³/mol. The van der Waals surface area contributed by atoms with E-state index in [1.165, 1.54) is 6.92 Å².